The Morgan fingerprint density at radius 1 is 1.22 bits per heavy atom. The molecule has 140 valence electrons. The average Bonchev–Trinajstić information content (AvgIpc) is 3.19. The first-order chi connectivity index (χ1) is 13.0. The Hall–Kier alpha value is -2.44. The highest BCUT2D eigenvalue weighted by molar-refractivity contribution is 6.31. The standard InChI is InChI=1S/C20H21ClN4O2/c1-5-14(10-26-4)25-9-11(2)17-19(25)22-12(3)18(24-17)20-23-15-7-6-13(21)8-16(15)27-20/h6-9,14H,5,10H2,1-4H3. The third-order valence-corrected chi connectivity index (χ3v) is 5.01. The molecule has 1 aromatic carbocycles. The monoisotopic (exact) mass is 384 g/mol. The predicted octanol–water partition coefficient (Wildman–Crippen LogP) is 5.11. The largest absolute Gasteiger partial charge is 0.435 e. The summed E-state index contributed by atoms with van der Waals surface area (Å²) in [6.45, 7) is 6.74. The van der Waals surface area contributed by atoms with Gasteiger partial charge in [0.25, 0.3) is 0 Å². The number of benzene rings is 1. The number of ether oxygens (including phenoxy) is 1. The van der Waals surface area contributed by atoms with Gasteiger partial charge in [0.2, 0.25) is 5.89 Å². The quantitative estimate of drug-likeness (QED) is 0.478. The highest BCUT2D eigenvalue weighted by Gasteiger charge is 2.20. The van der Waals surface area contributed by atoms with E-state index in [9.17, 15) is 0 Å². The highest BCUT2D eigenvalue weighted by atomic mass is 35.5. The van der Waals surface area contributed by atoms with Gasteiger partial charge in [-0.3, -0.25) is 0 Å². The number of halogens is 1. The maximum Gasteiger partial charge on any atom is 0.248 e. The maximum atomic E-state index is 6.05. The molecule has 4 aromatic rings. The zero-order chi connectivity index (χ0) is 19.1. The van der Waals surface area contributed by atoms with Crippen LogP contribution in [-0.4, -0.2) is 33.2 Å². The lowest BCUT2D eigenvalue weighted by molar-refractivity contribution is 0.154. The second-order valence-electron chi connectivity index (χ2n) is 6.70. The zero-order valence-electron chi connectivity index (χ0n) is 15.8. The molecular formula is C20H21ClN4O2. The molecule has 0 spiro atoms. The summed E-state index contributed by atoms with van der Waals surface area (Å²) >= 11 is 6.05. The molecule has 0 N–H and O–H groups in total. The van der Waals surface area contributed by atoms with E-state index in [1.54, 1.807) is 19.2 Å². The van der Waals surface area contributed by atoms with Gasteiger partial charge < -0.3 is 13.7 Å². The number of oxazole rings is 1. The summed E-state index contributed by atoms with van der Waals surface area (Å²) in [5, 5.41) is 0.611. The summed E-state index contributed by atoms with van der Waals surface area (Å²) in [7, 11) is 1.72. The number of methoxy groups -OCH3 is 1. The normalized spacial score (nSPS) is 12.9. The Labute approximate surface area is 162 Å². The van der Waals surface area contributed by atoms with E-state index in [2.05, 4.69) is 22.7 Å². The van der Waals surface area contributed by atoms with Crippen LogP contribution >= 0.6 is 11.6 Å². The van der Waals surface area contributed by atoms with Gasteiger partial charge >= 0.3 is 0 Å². The van der Waals surface area contributed by atoms with Crippen LogP contribution in [0.15, 0.2) is 28.8 Å². The molecule has 0 amide bonds. The number of rotatable bonds is 5. The fourth-order valence-electron chi connectivity index (χ4n) is 3.35. The molecule has 4 rings (SSSR count). The Bertz CT molecular complexity index is 1130. The summed E-state index contributed by atoms with van der Waals surface area (Å²) in [5.74, 6) is 0.454. The lowest BCUT2D eigenvalue weighted by atomic mass is 10.2. The molecule has 3 heterocycles. The average molecular weight is 385 g/mol. The highest BCUT2D eigenvalue weighted by Crippen LogP contribution is 2.30. The van der Waals surface area contributed by atoms with Crippen molar-refractivity contribution in [3.63, 3.8) is 0 Å². The van der Waals surface area contributed by atoms with Crippen LogP contribution in [0.1, 0.15) is 30.6 Å². The van der Waals surface area contributed by atoms with E-state index in [0.29, 0.717) is 28.8 Å². The van der Waals surface area contributed by atoms with Gasteiger partial charge in [0.1, 0.15) is 16.7 Å². The molecule has 6 nitrogen and oxygen atoms in total. The minimum absolute atomic E-state index is 0.220. The Balaban J connectivity index is 1.87. The number of fused-ring (bicyclic) bond motifs is 2. The number of aromatic nitrogens is 4. The molecule has 1 unspecified atom stereocenters. The van der Waals surface area contributed by atoms with Gasteiger partial charge in [-0.05, 0) is 38.0 Å². The summed E-state index contributed by atoms with van der Waals surface area (Å²) in [6.07, 6.45) is 3.04. The number of nitrogens with zero attached hydrogens (tertiary/aromatic N) is 4. The predicted molar refractivity (Wildman–Crippen MR) is 106 cm³/mol. The third-order valence-electron chi connectivity index (χ3n) is 4.78. The van der Waals surface area contributed by atoms with Crippen molar-refractivity contribution in [2.24, 2.45) is 0 Å². The first-order valence-electron chi connectivity index (χ1n) is 8.93. The molecule has 0 radical (unpaired) electrons. The zero-order valence-corrected chi connectivity index (χ0v) is 16.5. The van der Waals surface area contributed by atoms with E-state index in [1.807, 2.05) is 19.9 Å². The Morgan fingerprint density at radius 2 is 2.04 bits per heavy atom. The van der Waals surface area contributed by atoms with Gasteiger partial charge in [0, 0.05) is 24.4 Å². The lowest BCUT2D eigenvalue weighted by Crippen LogP contribution is -2.13. The fraction of sp³-hybridized carbons (Fsp3) is 0.350. The molecule has 0 aliphatic heterocycles. The first kappa shape index (κ1) is 17.9. The molecule has 0 fully saturated rings. The fourth-order valence-corrected chi connectivity index (χ4v) is 3.51. The van der Waals surface area contributed by atoms with Crippen molar-refractivity contribution in [3.05, 3.63) is 40.7 Å². The van der Waals surface area contributed by atoms with Crippen molar-refractivity contribution < 1.29 is 9.15 Å². The second-order valence-corrected chi connectivity index (χ2v) is 7.13. The molecule has 0 aliphatic rings. The SMILES string of the molecule is CCC(COC)n1cc(C)c2nc(-c3nc4ccc(Cl)cc4o3)c(C)nc21. The maximum absolute atomic E-state index is 6.05. The molecule has 1 atom stereocenters. The smallest absolute Gasteiger partial charge is 0.248 e. The summed E-state index contributed by atoms with van der Waals surface area (Å²) < 4.78 is 13.4. The van der Waals surface area contributed by atoms with E-state index >= 15 is 0 Å². The molecule has 0 bridgehead atoms. The van der Waals surface area contributed by atoms with Crippen molar-refractivity contribution in [1.82, 2.24) is 19.5 Å². The summed E-state index contributed by atoms with van der Waals surface area (Å²) in [5.41, 5.74) is 5.58. The van der Waals surface area contributed by atoms with Crippen LogP contribution in [0, 0.1) is 13.8 Å². The van der Waals surface area contributed by atoms with Crippen molar-refractivity contribution in [1.29, 1.82) is 0 Å². The molecular weight excluding hydrogens is 364 g/mol. The summed E-state index contributed by atoms with van der Waals surface area (Å²) in [6, 6.07) is 5.61. The van der Waals surface area contributed by atoms with E-state index in [1.165, 1.54) is 0 Å². The molecule has 0 aliphatic carbocycles. The van der Waals surface area contributed by atoms with Gasteiger partial charge in [-0.2, -0.15) is 0 Å². The molecule has 0 saturated carbocycles. The summed E-state index contributed by atoms with van der Waals surface area (Å²) in [4.78, 5) is 14.2. The Morgan fingerprint density at radius 3 is 2.78 bits per heavy atom. The molecule has 27 heavy (non-hydrogen) atoms. The van der Waals surface area contributed by atoms with Crippen LogP contribution < -0.4 is 0 Å². The third kappa shape index (κ3) is 3.09. The van der Waals surface area contributed by atoms with E-state index in [0.717, 1.165) is 34.4 Å². The first-order valence-corrected chi connectivity index (χ1v) is 9.30. The lowest BCUT2D eigenvalue weighted by Gasteiger charge is -2.17. The van der Waals surface area contributed by atoms with Gasteiger partial charge in [0.05, 0.1) is 18.3 Å². The van der Waals surface area contributed by atoms with Gasteiger partial charge in [-0.25, -0.2) is 15.0 Å². The topological polar surface area (TPSA) is 66.0 Å². The van der Waals surface area contributed by atoms with Crippen molar-refractivity contribution in [2.45, 2.75) is 33.2 Å². The number of hydrogen-bond donors (Lipinski definition) is 0. The van der Waals surface area contributed by atoms with Crippen LogP contribution in [0.25, 0.3) is 33.8 Å². The van der Waals surface area contributed by atoms with Crippen molar-refractivity contribution >= 4 is 33.9 Å². The van der Waals surface area contributed by atoms with Gasteiger partial charge in [-0.15, -0.1) is 0 Å². The molecule has 3 aromatic heterocycles. The second kappa shape index (κ2) is 6.94. The van der Waals surface area contributed by atoms with E-state index in [-0.39, 0.29) is 6.04 Å². The Kier molecular flexibility index (Phi) is 4.61. The minimum Gasteiger partial charge on any atom is -0.435 e. The molecule has 0 saturated heterocycles. The van der Waals surface area contributed by atoms with Crippen molar-refractivity contribution in [2.75, 3.05) is 13.7 Å². The van der Waals surface area contributed by atoms with Crippen LogP contribution in [-0.2, 0) is 4.74 Å². The van der Waals surface area contributed by atoms with Crippen LogP contribution in [0.4, 0.5) is 0 Å². The van der Waals surface area contributed by atoms with Crippen molar-refractivity contribution in [3.8, 4) is 11.6 Å². The van der Waals surface area contributed by atoms with Crippen LogP contribution in [0.2, 0.25) is 5.02 Å². The molecule has 7 heteroatoms. The van der Waals surface area contributed by atoms with Gasteiger partial charge in [0.15, 0.2) is 11.2 Å². The van der Waals surface area contributed by atoms with Crippen LogP contribution in [0.3, 0.4) is 0 Å². The van der Waals surface area contributed by atoms with E-state index < -0.39 is 0 Å². The van der Waals surface area contributed by atoms with Crippen LogP contribution in [0.5, 0.6) is 0 Å². The number of hydrogen-bond acceptors (Lipinski definition) is 5. The minimum atomic E-state index is 0.220. The van der Waals surface area contributed by atoms with Gasteiger partial charge in [-0.1, -0.05) is 18.5 Å². The van der Waals surface area contributed by atoms with E-state index in [4.69, 9.17) is 30.7 Å². The number of aryl methyl sites for hydroxylation is 2.